The summed E-state index contributed by atoms with van der Waals surface area (Å²) in [4.78, 5) is 0. The zero-order valence-corrected chi connectivity index (χ0v) is 9.09. The van der Waals surface area contributed by atoms with E-state index in [-0.39, 0.29) is 0 Å². The Morgan fingerprint density at radius 3 is 2.86 bits per heavy atom. The minimum absolute atomic E-state index is 0.615. The van der Waals surface area contributed by atoms with Crippen LogP contribution in [0.3, 0.4) is 0 Å². The molecule has 1 aliphatic rings. The van der Waals surface area contributed by atoms with E-state index in [9.17, 15) is 0 Å². The highest BCUT2D eigenvalue weighted by Gasteiger charge is 2.23. The lowest BCUT2D eigenvalue weighted by molar-refractivity contribution is 0.642. The Balaban J connectivity index is 1.88. The Labute approximate surface area is 86.5 Å². The molecule has 0 heterocycles. The van der Waals surface area contributed by atoms with Gasteiger partial charge in [0.1, 0.15) is 0 Å². The van der Waals surface area contributed by atoms with Crippen molar-refractivity contribution in [2.45, 2.75) is 39.2 Å². The van der Waals surface area contributed by atoms with Gasteiger partial charge in [-0.25, -0.2) is 0 Å². The molecule has 1 nitrogen and oxygen atoms in total. The van der Waals surface area contributed by atoms with Gasteiger partial charge in [-0.2, -0.15) is 0 Å². The molecule has 1 fully saturated rings. The van der Waals surface area contributed by atoms with Crippen LogP contribution in [-0.2, 0) is 0 Å². The van der Waals surface area contributed by atoms with E-state index in [0.717, 1.165) is 5.92 Å². The van der Waals surface area contributed by atoms with Crippen LogP contribution in [0.15, 0.2) is 24.3 Å². The van der Waals surface area contributed by atoms with Crippen molar-refractivity contribution in [1.82, 2.24) is 0 Å². The minimum Gasteiger partial charge on any atom is -0.383 e. The SMILES string of the molecule is Cc1cccc(N[C@@H](C)CC2CC2)c1. The number of rotatable bonds is 4. The lowest BCUT2D eigenvalue weighted by atomic mass is 10.1. The van der Waals surface area contributed by atoms with Gasteiger partial charge in [0.2, 0.25) is 0 Å². The van der Waals surface area contributed by atoms with E-state index in [4.69, 9.17) is 0 Å². The molecule has 1 atom stereocenters. The summed E-state index contributed by atoms with van der Waals surface area (Å²) in [6.45, 7) is 4.41. The van der Waals surface area contributed by atoms with Crippen molar-refractivity contribution < 1.29 is 0 Å². The molecule has 0 amide bonds. The van der Waals surface area contributed by atoms with E-state index in [1.165, 1.54) is 30.5 Å². The van der Waals surface area contributed by atoms with Gasteiger partial charge in [-0.05, 0) is 43.9 Å². The first-order valence-electron chi connectivity index (χ1n) is 5.57. The maximum atomic E-state index is 3.55. The maximum absolute atomic E-state index is 3.55. The second-order valence-electron chi connectivity index (χ2n) is 4.59. The zero-order chi connectivity index (χ0) is 9.97. The number of hydrogen-bond donors (Lipinski definition) is 1. The molecule has 0 aliphatic heterocycles. The fraction of sp³-hybridized carbons (Fsp3) is 0.538. The molecule has 0 unspecified atom stereocenters. The fourth-order valence-corrected chi connectivity index (χ4v) is 1.93. The van der Waals surface area contributed by atoms with Gasteiger partial charge in [-0.1, -0.05) is 25.0 Å². The molecule has 1 aromatic carbocycles. The number of aryl methyl sites for hydroxylation is 1. The quantitative estimate of drug-likeness (QED) is 0.763. The molecular weight excluding hydrogens is 170 g/mol. The summed E-state index contributed by atoms with van der Waals surface area (Å²) in [5.74, 6) is 1.00. The molecule has 1 saturated carbocycles. The summed E-state index contributed by atoms with van der Waals surface area (Å²) in [6, 6.07) is 9.22. The normalized spacial score (nSPS) is 17.9. The van der Waals surface area contributed by atoms with Crippen molar-refractivity contribution >= 4 is 5.69 Å². The first-order chi connectivity index (χ1) is 6.74. The predicted octanol–water partition coefficient (Wildman–Crippen LogP) is 3.60. The second kappa shape index (κ2) is 4.04. The molecular formula is C13H19N. The summed E-state index contributed by atoms with van der Waals surface area (Å²) in [5, 5.41) is 3.55. The van der Waals surface area contributed by atoms with E-state index < -0.39 is 0 Å². The highest BCUT2D eigenvalue weighted by atomic mass is 14.9. The smallest absolute Gasteiger partial charge is 0.0344 e. The standard InChI is InChI=1S/C13H19N/c1-10-4-3-5-13(8-10)14-11(2)9-12-6-7-12/h3-5,8,11-12,14H,6-7,9H2,1-2H3/t11-/m0/s1. The van der Waals surface area contributed by atoms with Crippen LogP contribution in [0.5, 0.6) is 0 Å². The van der Waals surface area contributed by atoms with E-state index in [1.54, 1.807) is 0 Å². The number of benzene rings is 1. The van der Waals surface area contributed by atoms with Crippen LogP contribution in [0.4, 0.5) is 5.69 Å². The Hall–Kier alpha value is -0.980. The van der Waals surface area contributed by atoms with Crippen molar-refractivity contribution in [1.29, 1.82) is 0 Å². The Kier molecular flexibility index (Phi) is 2.76. The number of hydrogen-bond acceptors (Lipinski definition) is 1. The predicted molar refractivity (Wildman–Crippen MR) is 61.6 cm³/mol. The summed E-state index contributed by atoms with van der Waals surface area (Å²) >= 11 is 0. The first-order valence-corrected chi connectivity index (χ1v) is 5.57. The first kappa shape index (κ1) is 9.57. The fourth-order valence-electron chi connectivity index (χ4n) is 1.93. The summed E-state index contributed by atoms with van der Waals surface area (Å²) < 4.78 is 0. The van der Waals surface area contributed by atoms with Gasteiger partial charge in [-0.15, -0.1) is 0 Å². The average Bonchev–Trinajstić information content (AvgIpc) is 2.87. The molecule has 0 saturated heterocycles. The highest BCUT2D eigenvalue weighted by Crippen LogP contribution is 2.34. The molecule has 1 aliphatic carbocycles. The van der Waals surface area contributed by atoms with Gasteiger partial charge in [0.15, 0.2) is 0 Å². The summed E-state index contributed by atoms with van der Waals surface area (Å²) in [7, 11) is 0. The second-order valence-corrected chi connectivity index (χ2v) is 4.59. The molecule has 1 N–H and O–H groups in total. The topological polar surface area (TPSA) is 12.0 Å². The molecule has 76 valence electrons. The molecule has 14 heavy (non-hydrogen) atoms. The largest absolute Gasteiger partial charge is 0.383 e. The van der Waals surface area contributed by atoms with E-state index in [2.05, 4.69) is 43.4 Å². The third-order valence-electron chi connectivity index (χ3n) is 2.81. The van der Waals surface area contributed by atoms with Crippen LogP contribution in [0.25, 0.3) is 0 Å². The van der Waals surface area contributed by atoms with E-state index >= 15 is 0 Å². The summed E-state index contributed by atoms with van der Waals surface area (Å²) in [5.41, 5.74) is 2.59. The van der Waals surface area contributed by atoms with Gasteiger partial charge in [-0.3, -0.25) is 0 Å². The highest BCUT2D eigenvalue weighted by molar-refractivity contribution is 5.46. The monoisotopic (exact) mass is 189 g/mol. The summed E-state index contributed by atoms with van der Waals surface area (Å²) in [6.07, 6.45) is 4.22. The lowest BCUT2D eigenvalue weighted by Crippen LogP contribution is -2.15. The van der Waals surface area contributed by atoms with E-state index in [1.807, 2.05) is 0 Å². The van der Waals surface area contributed by atoms with Gasteiger partial charge >= 0.3 is 0 Å². The Bertz CT molecular complexity index is 302. The van der Waals surface area contributed by atoms with Gasteiger partial charge < -0.3 is 5.32 Å². The van der Waals surface area contributed by atoms with Crippen molar-refractivity contribution in [3.05, 3.63) is 29.8 Å². The third kappa shape index (κ3) is 2.76. The maximum Gasteiger partial charge on any atom is 0.0344 e. The average molecular weight is 189 g/mol. The van der Waals surface area contributed by atoms with Crippen LogP contribution in [-0.4, -0.2) is 6.04 Å². The third-order valence-corrected chi connectivity index (χ3v) is 2.81. The molecule has 0 aromatic heterocycles. The van der Waals surface area contributed by atoms with Crippen LogP contribution in [0, 0.1) is 12.8 Å². The molecule has 0 spiro atoms. The van der Waals surface area contributed by atoms with Crippen molar-refractivity contribution in [2.24, 2.45) is 5.92 Å². The van der Waals surface area contributed by atoms with Crippen LogP contribution < -0.4 is 5.32 Å². The van der Waals surface area contributed by atoms with Crippen molar-refractivity contribution in [2.75, 3.05) is 5.32 Å². The Morgan fingerprint density at radius 1 is 1.43 bits per heavy atom. The van der Waals surface area contributed by atoms with E-state index in [0.29, 0.717) is 6.04 Å². The Morgan fingerprint density at radius 2 is 2.21 bits per heavy atom. The van der Waals surface area contributed by atoms with Gasteiger partial charge in [0.25, 0.3) is 0 Å². The molecule has 0 bridgehead atoms. The van der Waals surface area contributed by atoms with Crippen LogP contribution in [0.2, 0.25) is 0 Å². The van der Waals surface area contributed by atoms with Gasteiger partial charge in [0, 0.05) is 11.7 Å². The molecule has 2 rings (SSSR count). The van der Waals surface area contributed by atoms with Crippen molar-refractivity contribution in [3.8, 4) is 0 Å². The van der Waals surface area contributed by atoms with Crippen LogP contribution >= 0.6 is 0 Å². The molecule has 0 radical (unpaired) electrons. The number of anilines is 1. The minimum atomic E-state index is 0.615. The van der Waals surface area contributed by atoms with Crippen LogP contribution in [0.1, 0.15) is 31.7 Å². The molecule has 1 aromatic rings. The molecule has 1 heteroatoms. The number of nitrogens with one attached hydrogen (secondary N) is 1. The van der Waals surface area contributed by atoms with Crippen molar-refractivity contribution in [3.63, 3.8) is 0 Å². The lowest BCUT2D eigenvalue weighted by Gasteiger charge is -2.14. The zero-order valence-electron chi connectivity index (χ0n) is 9.09. The van der Waals surface area contributed by atoms with Gasteiger partial charge in [0.05, 0.1) is 0 Å².